The molecule has 0 unspecified atom stereocenters. The summed E-state index contributed by atoms with van der Waals surface area (Å²) in [4.78, 5) is 40.9. The van der Waals surface area contributed by atoms with Crippen LogP contribution in [0.2, 0.25) is 0 Å². The third-order valence-electron chi connectivity index (χ3n) is 6.07. The first kappa shape index (κ1) is 21.8. The summed E-state index contributed by atoms with van der Waals surface area (Å²) in [6, 6.07) is 14.0. The molecule has 0 saturated heterocycles. The highest BCUT2D eigenvalue weighted by Gasteiger charge is 2.27. The first-order valence-corrected chi connectivity index (χ1v) is 11.3. The molecule has 8 heteroatoms. The average molecular weight is 457 g/mol. The number of nitro benzene ring substituents is 1. The van der Waals surface area contributed by atoms with Crippen molar-refractivity contribution < 1.29 is 19.2 Å². The summed E-state index contributed by atoms with van der Waals surface area (Å²) in [6.45, 7) is -0.322. The van der Waals surface area contributed by atoms with Gasteiger partial charge in [0.25, 0.3) is 11.6 Å². The molecule has 8 nitrogen and oxygen atoms in total. The number of fused-ring (bicyclic) bond motifs is 2. The van der Waals surface area contributed by atoms with Crippen molar-refractivity contribution in [3.05, 3.63) is 81.0 Å². The maximum Gasteiger partial charge on any atom is 0.339 e. The van der Waals surface area contributed by atoms with E-state index in [1.165, 1.54) is 12.1 Å². The molecule has 34 heavy (non-hydrogen) atoms. The number of benzene rings is 2. The van der Waals surface area contributed by atoms with E-state index < -0.39 is 10.9 Å². The molecular weight excluding hydrogens is 434 g/mol. The molecule has 0 atom stereocenters. The molecule has 1 N–H and O–H groups in total. The molecule has 0 radical (unpaired) electrons. The van der Waals surface area contributed by atoms with E-state index >= 15 is 0 Å². The number of carbonyl (C=O) groups excluding carboxylic acids is 2. The van der Waals surface area contributed by atoms with Crippen LogP contribution in [0.5, 0.6) is 0 Å². The lowest BCUT2D eigenvalue weighted by Crippen LogP contribution is -2.30. The first-order valence-electron chi connectivity index (χ1n) is 11.3. The highest BCUT2D eigenvalue weighted by atomic mass is 16.6. The van der Waals surface area contributed by atoms with E-state index in [9.17, 15) is 19.7 Å². The average Bonchev–Trinajstić information content (AvgIpc) is 3.65. The van der Waals surface area contributed by atoms with Crippen LogP contribution in [-0.2, 0) is 16.0 Å². The number of pyridine rings is 1. The van der Waals surface area contributed by atoms with Crippen LogP contribution < -0.4 is 5.32 Å². The number of hydrogen-bond acceptors (Lipinski definition) is 6. The highest BCUT2D eigenvalue weighted by Crippen LogP contribution is 2.36. The Morgan fingerprint density at radius 1 is 1.15 bits per heavy atom. The Balaban J connectivity index is 1.53. The lowest BCUT2D eigenvalue weighted by molar-refractivity contribution is -0.384. The third-order valence-corrected chi connectivity index (χ3v) is 6.07. The van der Waals surface area contributed by atoms with Crippen LogP contribution >= 0.6 is 0 Å². The summed E-state index contributed by atoms with van der Waals surface area (Å²) in [6.07, 6.45) is 6.00. The zero-order valence-corrected chi connectivity index (χ0v) is 18.5. The number of para-hydroxylation sites is 1. The van der Waals surface area contributed by atoms with Crippen molar-refractivity contribution in [2.24, 2.45) is 0 Å². The van der Waals surface area contributed by atoms with Gasteiger partial charge in [0.05, 0.1) is 21.7 Å². The molecule has 3 aromatic rings. The Bertz CT molecular complexity index is 1340. The number of rotatable bonds is 6. The number of hydrogen-bond donors (Lipinski definition) is 1. The molecule has 1 heterocycles. The molecule has 0 aliphatic heterocycles. The normalized spacial score (nSPS) is 16.2. The summed E-state index contributed by atoms with van der Waals surface area (Å²) in [5, 5.41) is 14.7. The van der Waals surface area contributed by atoms with Crippen molar-refractivity contribution in [3.8, 4) is 0 Å². The van der Waals surface area contributed by atoms with Gasteiger partial charge in [-0.3, -0.25) is 14.9 Å². The highest BCUT2D eigenvalue weighted by molar-refractivity contribution is 6.07. The number of nitro groups is 1. The number of aromatic nitrogens is 1. The number of esters is 1. The van der Waals surface area contributed by atoms with Gasteiger partial charge >= 0.3 is 5.97 Å². The van der Waals surface area contributed by atoms with Crippen molar-refractivity contribution in [1.82, 2.24) is 10.3 Å². The number of allylic oxidation sites excluding steroid dienone is 1. The Kier molecular flexibility index (Phi) is 5.79. The zero-order chi connectivity index (χ0) is 23.7. The fraction of sp³-hybridized carbons (Fsp3) is 0.269. The molecule has 1 fully saturated rings. The molecule has 1 aromatic heterocycles. The van der Waals surface area contributed by atoms with Crippen LogP contribution in [-0.4, -0.2) is 34.4 Å². The minimum Gasteiger partial charge on any atom is -0.452 e. The van der Waals surface area contributed by atoms with Crippen molar-refractivity contribution in [1.29, 1.82) is 0 Å². The van der Waals surface area contributed by atoms with E-state index in [1.54, 1.807) is 6.07 Å². The molecular formula is C26H23N3O5. The van der Waals surface area contributed by atoms with Crippen molar-refractivity contribution in [2.75, 3.05) is 6.61 Å². The van der Waals surface area contributed by atoms with Crippen LogP contribution in [0.25, 0.3) is 22.6 Å². The molecule has 1 saturated carbocycles. The van der Waals surface area contributed by atoms with E-state index in [-0.39, 0.29) is 24.2 Å². The molecule has 5 rings (SSSR count). The van der Waals surface area contributed by atoms with E-state index in [4.69, 9.17) is 9.72 Å². The van der Waals surface area contributed by atoms with Crippen LogP contribution in [0.3, 0.4) is 0 Å². The maximum absolute atomic E-state index is 13.2. The fourth-order valence-corrected chi connectivity index (χ4v) is 4.34. The van der Waals surface area contributed by atoms with Crippen molar-refractivity contribution >= 4 is 40.1 Å². The SMILES string of the molecule is O=C(COC(=O)c1c2c(nc3ccccc13)/C(=C/c1cccc([N+](=O)[O-])c1)CCC2)NC1CC1. The van der Waals surface area contributed by atoms with Gasteiger partial charge in [-0.2, -0.15) is 0 Å². The second kappa shape index (κ2) is 9.05. The topological polar surface area (TPSA) is 111 Å². The summed E-state index contributed by atoms with van der Waals surface area (Å²) in [5.74, 6) is -0.841. The summed E-state index contributed by atoms with van der Waals surface area (Å²) >= 11 is 0. The van der Waals surface area contributed by atoms with E-state index in [0.717, 1.165) is 36.8 Å². The lowest BCUT2D eigenvalue weighted by atomic mass is 9.86. The number of carbonyl (C=O) groups is 2. The van der Waals surface area contributed by atoms with Gasteiger partial charge in [0, 0.05) is 23.6 Å². The smallest absolute Gasteiger partial charge is 0.339 e. The lowest BCUT2D eigenvalue weighted by Gasteiger charge is -2.22. The molecule has 2 aliphatic rings. The predicted octanol–water partition coefficient (Wildman–Crippen LogP) is 4.46. The summed E-state index contributed by atoms with van der Waals surface area (Å²) in [7, 11) is 0. The first-order chi connectivity index (χ1) is 16.5. The molecule has 2 aliphatic carbocycles. The molecule has 172 valence electrons. The number of nitrogens with zero attached hydrogens (tertiary/aromatic N) is 2. The summed E-state index contributed by atoms with van der Waals surface area (Å²) in [5.41, 5.74) is 4.21. The predicted molar refractivity (Wildman–Crippen MR) is 127 cm³/mol. The quantitative estimate of drug-likeness (QED) is 0.332. The van der Waals surface area contributed by atoms with Gasteiger partial charge in [-0.1, -0.05) is 30.3 Å². The number of ether oxygens (including phenoxy) is 1. The van der Waals surface area contributed by atoms with Gasteiger partial charge in [0.15, 0.2) is 6.61 Å². The van der Waals surface area contributed by atoms with E-state index in [0.29, 0.717) is 34.1 Å². The van der Waals surface area contributed by atoms with Gasteiger partial charge in [-0.15, -0.1) is 0 Å². The second-order valence-electron chi connectivity index (χ2n) is 8.62. The maximum atomic E-state index is 13.2. The molecule has 1 amide bonds. The van der Waals surface area contributed by atoms with Crippen LogP contribution in [0.15, 0.2) is 48.5 Å². The van der Waals surface area contributed by atoms with Crippen LogP contribution in [0, 0.1) is 10.1 Å². The molecule has 2 aromatic carbocycles. The number of non-ortho nitro benzene ring substituents is 1. The van der Waals surface area contributed by atoms with E-state index in [2.05, 4.69) is 5.32 Å². The fourth-order valence-electron chi connectivity index (χ4n) is 4.34. The van der Waals surface area contributed by atoms with Gasteiger partial charge in [0.2, 0.25) is 0 Å². The van der Waals surface area contributed by atoms with Gasteiger partial charge in [-0.05, 0) is 60.9 Å². The Labute approximate surface area is 195 Å². The van der Waals surface area contributed by atoms with Gasteiger partial charge in [0.1, 0.15) is 0 Å². The van der Waals surface area contributed by atoms with Crippen molar-refractivity contribution in [2.45, 2.75) is 38.1 Å². The Morgan fingerprint density at radius 2 is 1.97 bits per heavy atom. The number of nitrogens with one attached hydrogen (secondary N) is 1. The van der Waals surface area contributed by atoms with Crippen molar-refractivity contribution in [3.63, 3.8) is 0 Å². The van der Waals surface area contributed by atoms with Crippen LogP contribution in [0.1, 0.15) is 52.9 Å². The standard InChI is InChI=1S/C26H23N3O5/c30-23(27-18-11-12-18)15-34-26(31)24-20-8-1-2-10-22(20)28-25-17(6-4-9-21(24)25)13-16-5-3-7-19(14-16)29(32)33/h1-3,5,7-8,10,13-14,18H,4,6,9,11-12,15H2,(H,27,30)/b17-13+. The van der Waals surface area contributed by atoms with Crippen LogP contribution in [0.4, 0.5) is 5.69 Å². The minimum absolute atomic E-state index is 0.0191. The third kappa shape index (κ3) is 4.52. The van der Waals surface area contributed by atoms with Gasteiger partial charge < -0.3 is 10.1 Å². The molecule has 0 bridgehead atoms. The van der Waals surface area contributed by atoms with E-state index in [1.807, 2.05) is 36.4 Å². The zero-order valence-electron chi connectivity index (χ0n) is 18.5. The largest absolute Gasteiger partial charge is 0.452 e. The summed E-state index contributed by atoms with van der Waals surface area (Å²) < 4.78 is 5.42. The monoisotopic (exact) mass is 457 g/mol. The molecule has 0 spiro atoms. The minimum atomic E-state index is -0.544. The number of amides is 1. The second-order valence-corrected chi connectivity index (χ2v) is 8.62. The Hall–Kier alpha value is -4.07. The van der Waals surface area contributed by atoms with Gasteiger partial charge in [-0.25, -0.2) is 9.78 Å². The Morgan fingerprint density at radius 3 is 2.76 bits per heavy atom.